The van der Waals surface area contributed by atoms with Gasteiger partial charge in [0.15, 0.2) is 0 Å². The Morgan fingerprint density at radius 3 is 2.29 bits per heavy atom. The van der Waals surface area contributed by atoms with Crippen LogP contribution in [0.3, 0.4) is 0 Å². The summed E-state index contributed by atoms with van der Waals surface area (Å²) in [7, 11) is -4.50. The van der Waals surface area contributed by atoms with Crippen molar-refractivity contribution >= 4 is 20.9 Å². The predicted octanol–water partition coefficient (Wildman–Crippen LogP) is 2.21. The molecule has 0 saturated heterocycles. The molecule has 1 atom stereocenters. The van der Waals surface area contributed by atoms with Crippen LogP contribution < -0.4 is 29.6 Å². The van der Waals surface area contributed by atoms with Crippen molar-refractivity contribution in [3.63, 3.8) is 0 Å². The molecule has 2 rings (SSSR count). The summed E-state index contributed by atoms with van der Waals surface area (Å²) in [4.78, 5) is -0.00875. The number of fused-ring (bicyclic) bond motifs is 1. The summed E-state index contributed by atoms with van der Waals surface area (Å²) >= 11 is 0. The Bertz CT molecular complexity index is 756. The first kappa shape index (κ1) is 21.7. The molecule has 0 bridgehead atoms. The first-order valence-corrected chi connectivity index (χ1v) is 9.87. The van der Waals surface area contributed by atoms with E-state index < -0.39 is 10.1 Å². The average molecular weight is 356 g/mol. The van der Waals surface area contributed by atoms with Gasteiger partial charge in [0.25, 0.3) is 0 Å². The summed E-state index contributed by atoms with van der Waals surface area (Å²) in [6, 6.07) is 11.0. The van der Waals surface area contributed by atoms with Crippen LogP contribution in [0.15, 0.2) is 41.3 Å². The van der Waals surface area contributed by atoms with Gasteiger partial charge < -0.3 is 4.55 Å². The Balaban J connectivity index is 0.00000288. The Hall–Kier alpha value is -0.390. The van der Waals surface area contributed by atoms with Crippen molar-refractivity contribution in [2.75, 3.05) is 0 Å². The molecule has 0 aromatic heterocycles. The molecule has 5 heteroatoms. The van der Waals surface area contributed by atoms with Gasteiger partial charge in [-0.25, -0.2) is 8.42 Å². The molecule has 0 saturated carbocycles. The van der Waals surface area contributed by atoms with Gasteiger partial charge in [0.05, 0.1) is 4.90 Å². The molecule has 2 aromatic carbocycles. The fraction of sp³-hybridized carbons (Fsp3) is 0.474. The standard InChI is InChI=1S/C19H26O3S.Na/c1-3-5-6-10-15(9-4-2)18-14-13-16-11-7-8-12-17(16)19(18)23(20,21)22;/h7-8,11-15H,3-6,9-10H2,1-2H3,(H,20,21,22);/q;+1/p-1. The van der Waals surface area contributed by atoms with Gasteiger partial charge in [-0.05, 0) is 35.1 Å². The molecule has 0 aliphatic carbocycles. The maximum atomic E-state index is 12.0. The minimum atomic E-state index is -4.50. The average Bonchev–Trinajstić information content (AvgIpc) is 2.52. The van der Waals surface area contributed by atoms with Crippen LogP contribution in [-0.4, -0.2) is 13.0 Å². The van der Waals surface area contributed by atoms with E-state index in [9.17, 15) is 13.0 Å². The Morgan fingerprint density at radius 2 is 1.67 bits per heavy atom. The van der Waals surface area contributed by atoms with Crippen molar-refractivity contribution in [3.05, 3.63) is 42.0 Å². The molecule has 1 unspecified atom stereocenters. The fourth-order valence-electron chi connectivity index (χ4n) is 3.30. The third-order valence-corrected chi connectivity index (χ3v) is 5.35. The molecular formula is C19H25NaO3S. The van der Waals surface area contributed by atoms with Crippen molar-refractivity contribution in [1.29, 1.82) is 0 Å². The van der Waals surface area contributed by atoms with Crippen LogP contribution in [-0.2, 0) is 10.1 Å². The van der Waals surface area contributed by atoms with Crippen LogP contribution in [0.25, 0.3) is 10.8 Å². The Kier molecular flexibility index (Phi) is 8.96. The predicted molar refractivity (Wildman–Crippen MR) is 93.7 cm³/mol. The molecule has 126 valence electrons. The third-order valence-electron chi connectivity index (χ3n) is 4.39. The topological polar surface area (TPSA) is 57.2 Å². The van der Waals surface area contributed by atoms with Crippen LogP contribution in [0, 0.1) is 0 Å². The molecule has 3 nitrogen and oxygen atoms in total. The van der Waals surface area contributed by atoms with E-state index in [2.05, 4.69) is 13.8 Å². The van der Waals surface area contributed by atoms with E-state index in [1.807, 2.05) is 24.3 Å². The van der Waals surface area contributed by atoms with Crippen molar-refractivity contribution in [2.45, 2.75) is 63.2 Å². The van der Waals surface area contributed by atoms with E-state index >= 15 is 0 Å². The van der Waals surface area contributed by atoms with Gasteiger partial charge in [-0.1, -0.05) is 75.9 Å². The molecule has 0 aliphatic heterocycles. The third kappa shape index (κ3) is 5.30. The fourth-order valence-corrected chi connectivity index (χ4v) is 4.28. The minimum absolute atomic E-state index is 0. The van der Waals surface area contributed by atoms with E-state index in [1.54, 1.807) is 12.1 Å². The van der Waals surface area contributed by atoms with Gasteiger partial charge in [0.2, 0.25) is 0 Å². The Morgan fingerprint density at radius 1 is 0.958 bits per heavy atom. The van der Waals surface area contributed by atoms with Gasteiger partial charge in [0, 0.05) is 0 Å². The Labute approximate surface area is 167 Å². The van der Waals surface area contributed by atoms with E-state index in [4.69, 9.17) is 0 Å². The summed E-state index contributed by atoms with van der Waals surface area (Å²) in [6.45, 7) is 4.25. The summed E-state index contributed by atoms with van der Waals surface area (Å²) in [5.41, 5.74) is 0.705. The molecule has 0 amide bonds. The van der Waals surface area contributed by atoms with Crippen LogP contribution in [0.5, 0.6) is 0 Å². The zero-order valence-corrected chi connectivity index (χ0v) is 17.7. The smallest absolute Gasteiger partial charge is 0.744 e. The van der Waals surface area contributed by atoms with Gasteiger partial charge >= 0.3 is 29.6 Å². The van der Waals surface area contributed by atoms with Crippen LogP contribution >= 0.6 is 0 Å². The molecule has 0 fully saturated rings. The van der Waals surface area contributed by atoms with Gasteiger partial charge in [-0.2, -0.15) is 0 Å². The number of unbranched alkanes of at least 4 members (excludes halogenated alkanes) is 2. The second-order valence-electron chi connectivity index (χ2n) is 6.14. The van der Waals surface area contributed by atoms with Crippen molar-refractivity contribution in [2.24, 2.45) is 0 Å². The second-order valence-corrected chi connectivity index (χ2v) is 7.46. The van der Waals surface area contributed by atoms with E-state index in [1.165, 1.54) is 0 Å². The van der Waals surface area contributed by atoms with Crippen LogP contribution in [0.2, 0.25) is 0 Å². The zero-order chi connectivity index (χ0) is 16.9. The quantitative estimate of drug-likeness (QED) is 0.414. The van der Waals surface area contributed by atoms with Crippen molar-refractivity contribution in [1.82, 2.24) is 0 Å². The molecular weight excluding hydrogens is 331 g/mol. The molecule has 0 aliphatic rings. The van der Waals surface area contributed by atoms with E-state index in [-0.39, 0.29) is 40.4 Å². The van der Waals surface area contributed by atoms with Gasteiger partial charge in [0.1, 0.15) is 10.1 Å². The number of hydrogen-bond acceptors (Lipinski definition) is 3. The molecule has 2 aromatic rings. The number of rotatable bonds is 8. The zero-order valence-electron chi connectivity index (χ0n) is 14.9. The van der Waals surface area contributed by atoms with Crippen LogP contribution in [0.1, 0.15) is 63.9 Å². The van der Waals surface area contributed by atoms with Crippen LogP contribution in [0.4, 0.5) is 0 Å². The molecule has 0 heterocycles. The normalized spacial score (nSPS) is 12.8. The van der Waals surface area contributed by atoms with E-state index in [0.717, 1.165) is 43.9 Å². The number of benzene rings is 2. The van der Waals surface area contributed by atoms with Gasteiger partial charge in [-0.3, -0.25) is 0 Å². The van der Waals surface area contributed by atoms with Crippen molar-refractivity contribution in [3.8, 4) is 0 Å². The maximum Gasteiger partial charge on any atom is 1.00 e. The largest absolute Gasteiger partial charge is 1.00 e. The summed E-state index contributed by atoms with van der Waals surface area (Å²) in [6.07, 6.45) is 6.14. The monoisotopic (exact) mass is 356 g/mol. The van der Waals surface area contributed by atoms with Gasteiger partial charge in [-0.15, -0.1) is 0 Å². The second kappa shape index (κ2) is 9.93. The molecule has 0 spiro atoms. The SMILES string of the molecule is CCCCCC(CCC)c1ccc2ccccc2c1S(=O)(=O)[O-].[Na+]. The van der Waals surface area contributed by atoms with E-state index in [0.29, 0.717) is 10.9 Å². The first-order chi connectivity index (χ1) is 11.0. The number of hydrogen-bond donors (Lipinski definition) is 0. The molecule has 0 N–H and O–H groups in total. The minimum Gasteiger partial charge on any atom is -0.744 e. The molecule has 0 radical (unpaired) electrons. The van der Waals surface area contributed by atoms with Crippen molar-refractivity contribution < 1.29 is 42.5 Å². The summed E-state index contributed by atoms with van der Waals surface area (Å²) < 4.78 is 35.9. The molecule has 24 heavy (non-hydrogen) atoms. The first-order valence-electron chi connectivity index (χ1n) is 8.46. The summed E-state index contributed by atoms with van der Waals surface area (Å²) in [5, 5.41) is 1.35. The maximum absolute atomic E-state index is 12.0. The summed E-state index contributed by atoms with van der Waals surface area (Å²) in [5.74, 6) is 0.134.